The summed E-state index contributed by atoms with van der Waals surface area (Å²) in [7, 11) is 0. The van der Waals surface area contributed by atoms with Crippen molar-refractivity contribution in [3.63, 3.8) is 0 Å². The topological polar surface area (TPSA) is 81.2 Å². The molecule has 136 valence electrons. The number of nitrogens with zero attached hydrogens (tertiary/aromatic N) is 3. The molecule has 0 fully saturated rings. The molecule has 0 aliphatic carbocycles. The van der Waals surface area contributed by atoms with E-state index in [1.54, 1.807) is 19.1 Å². The predicted molar refractivity (Wildman–Crippen MR) is 102 cm³/mol. The van der Waals surface area contributed by atoms with Gasteiger partial charge in [0, 0.05) is 22.0 Å². The highest BCUT2D eigenvalue weighted by Crippen LogP contribution is 2.33. The van der Waals surface area contributed by atoms with Crippen LogP contribution >= 0.6 is 15.9 Å². The minimum absolute atomic E-state index is 0.0937. The third kappa shape index (κ3) is 2.91. The first-order valence-electron chi connectivity index (χ1n) is 8.14. The molecular formula is C19H13BrFN3O3. The summed E-state index contributed by atoms with van der Waals surface area (Å²) >= 11 is 3.35. The molecule has 1 N–H and O–H groups in total. The summed E-state index contributed by atoms with van der Waals surface area (Å²) in [4.78, 5) is 17.1. The first-order valence-corrected chi connectivity index (χ1v) is 8.94. The van der Waals surface area contributed by atoms with Crippen molar-refractivity contribution in [2.75, 3.05) is 0 Å². The summed E-state index contributed by atoms with van der Waals surface area (Å²) in [6, 6.07) is 11.1. The Morgan fingerprint density at radius 2 is 1.96 bits per heavy atom. The van der Waals surface area contributed by atoms with Crippen molar-refractivity contribution >= 4 is 26.8 Å². The predicted octanol–water partition coefficient (Wildman–Crippen LogP) is 4.35. The fraction of sp³-hybridized carbons (Fsp3) is 0.105. The quantitative estimate of drug-likeness (QED) is 0.523. The smallest absolute Gasteiger partial charge is 0.267 e. The Balaban J connectivity index is 1.93. The molecule has 6 nitrogen and oxygen atoms in total. The van der Waals surface area contributed by atoms with Crippen molar-refractivity contribution in [1.82, 2.24) is 14.7 Å². The van der Waals surface area contributed by atoms with E-state index >= 15 is 0 Å². The van der Waals surface area contributed by atoms with Crippen molar-refractivity contribution in [3.8, 4) is 28.6 Å². The van der Waals surface area contributed by atoms with Gasteiger partial charge in [0.05, 0.1) is 5.52 Å². The lowest BCUT2D eigenvalue weighted by Gasteiger charge is -2.11. The van der Waals surface area contributed by atoms with Crippen LogP contribution in [0.15, 0.2) is 56.3 Å². The first kappa shape index (κ1) is 17.4. The van der Waals surface area contributed by atoms with Crippen molar-refractivity contribution in [2.45, 2.75) is 13.5 Å². The molecule has 2 aromatic carbocycles. The zero-order valence-corrected chi connectivity index (χ0v) is 15.7. The van der Waals surface area contributed by atoms with Gasteiger partial charge >= 0.3 is 0 Å². The maximum absolute atomic E-state index is 13.6. The number of pyridine rings is 1. The van der Waals surface area contributed by atoms with Crippen LogP contribution in [0.3, 0.4) is 0 Å². The van der Waals surface area contributed by atoms with Crippen molar-refractivity contribution < 1.29 is 14.0 Å². The zero-order chi connectivity index (χ0) is 19.1. The van der Waals surface area contributed by atoms with E-state index in [4.69, 9.17) is 4.52 Å². The minimum Gasteiger partial charge on any atom is -0.506 e. The molecule has 0 bridgehead atoms. The third-order valence-electron chi connectivity index (χ3n) is 4.26. The van der Waals surface area contributed by atoms with Gasteiger partial charge in [-0.25, -0.2) is 4.39 Å². The summed E-state index contributed by atoms with van der Waals surface area (Å²) in [5.41, 5.74) is 0.369. The number of fused-ring (bicyclic) bond motifs is 1. The number of aromatic nitrogens is 3. The van der Waals surface area contributed by atoms with E-state index in [1.807, 2.05) is 12.1 Å². The van der Waals surface area contributed by atoms with Gasteiger partial charge in [-0.2, -0.15) is 4.98 Å². The van der Waals surface area contributed by atoms with Crippen LogP contribution in [-0.2, 0) is 6.54 Å². The van der Waals surface area contributed by atoms with Crippen LogP contribution in [0.2, 0.25) is 0 Å². The Hall–Kier alpha value is -3.00. The summed E-state index contributed by atoms with van der Waals surface area (Å²) in [6.07, 6.45) is 0. The minimum atomic E-state index is -0.529. The molecule has 4 aromatic rings. The van der Waals surface area contributed by atoms with Crippen molar-refractivity contribution in [1.29, 1.82) is 0 Å². The largest absolute Gasteiger partial charge is 0.506 e. The van der Waals surface area contributed by atoms with E-state index in [-0.39, 0.29) is 17.2 Å². The second kappa shape index (κ2) is 6.62. The normalized spacial score (nSPS) is 11.2. The van der Waals surface area contributed by atoms with Crippen LogP contribution in [0.25, 0.3) is 33.7 Å². The van der Waals surface area contributed by atoms with Gasteiger partial charge in [0.2, 0.25) is 5.82 Å². The van der Waals surface area contributed by atoms with Crippen molar-refractivity contribution in [3.05, 3.63) is 63.1 Å². The van der Waals surface area contributed by atoms with Gasteiger partial charge in [0.25, 0.3) is 11.4 Å². The molecule has 2 aromatic heterocycles. The SMILES string of the molecule is CCn1c(=O)c(-c2nc(-c3ccc(Br)cc3)no2)c(O)c2ccc(F)cc21. The van der Waals surface area contributed by atoms with Crippen LogP contribution in [0.4, 0.5) is 4.39 Å². The zero-order valence-electron chi connectivity index (χ0n) is 14.1. The van der Waals surface area contributed by atoms with E-state index in [2.05, 4.69) is 26.1 Å². The molecule has 0 unspecified atom stereocenters. The average molecular weight is 430 g/mol. The molecule has 0 saturated heterocycles. The van der Waals surface area contributed by atoms with Gasteiger partial charge < -0.3 is 14.2 Å². The van der Waals surface area contributed by atoms with Crippen LogP contribution in [-0.4, -0.2) is 19.8 Å². The molecule has 4 rings (SSSR count). The number of hydrogen-bond donors (Lipinski definition) is 1. The van der Waals surface area contributed by atoms with Gasteiger partial charge in [0.1, 0.15) is 17.1 Å². The molecule has 0 spiro atoms. The van der Waals surface area contributed by atoms with E-state index in [1.165, 1.54) is 22.8 Å². The molecular weight excluding hydrogens is 417 g/mol. The molecule has 0 atom stereocenters. The third-order valence-corrected chi connectivity index (χ3v) is 4.79. The lowest BCUT2D eigenvalue weighted by atomic mass is 10.1. The van der Waals surface area contributed by atoms with Crippen LogP contribution in [0, 0.1) is 5.82 Å². The molecule has 0 aliphatic heterocycles. The summed E-state index contributed by atoms with van der Waals surface area (Å²) < 4.78 is 21.1. The van der Waals surface area contributed by atoms with Crippen LogP contribution < -0.4 is 5.56 Å². The Labute approximate surface area is 161 Å². The summed E-state index contributed by atoms with van der Waals surface area (Å²) in [5.74, 6) is -0.611. The van der Waals surface area contributed by atoms with Gasteiger partial charge in [-0.1, -0.05) is 21.1 Å². The van der Waals surface area contributed by atoms with Crippen LogP contribution in [0.5, 0.6) is 5.75 Å². The van der Waals surface area contributed by atoms with Gasteiger partial charge in [-0.15, -0.1) is 0 Å². The Kier molecular flexibility index (Phi) is 4.27. The Morgan fingerprint density at radius 1 is 1.22 bits per heavy atom. The number of halogens is 2. The summed E-state index contributed by atoms with van der Waals surface area (Å²) in [5, 5.41) is 14.9. The highest BCUT2D eigenvalue weighted by atomic mass is 79.9. The van der Waals surface area contributed by atoms with Crippen LogP contribution in [0.1, 0.15) is 6.92 Å². The lowest BCUT2D eigenvalue weighted by molar-refractivity contribution is 0.425. The fourth-order valence-electron chi connectivity index (χ4n) is 2.96. The highest BCUT2D eigenvalue weighted by Gasteiger charge is 2.23. The number of hydrogen-bond acceptors (Lipinski definition) is 5. The highest BCUT2D eigenvalue weighted by molar-refractivity contribution is 9.10. The van der Waals surface area contributed by atoms with E-state index < -0.39 is 11.4 Å². The Bertz CT molecular complexity index is 1220. The second-order valence-corrected chi connectivity index (χ2v) is 6.78. The van der Waals surface area contributed by atoms with E-state index in [9.17, 15) is 14.3 Å². The van der Waals surface area contributed by atoms with E-state index in [0.29, 0.717) is 28.8 Å². The molecule has 8 heteroatoms. The number of aryl methyl sites for hydroxylation is 1. The maximum Gasteiger partial charge on any atom is 0.267 e. The monoisotopic (exact) mass is 429 g/mol. The Morgan fingerprint density at radius 3 is 2.67 bits per heavy atom. The molecule has 0 aliphatic rings. The van der Waals surface area contributed by atoms with E-state index in [0.717, 1.165) is 4.47 Å². The summed E-state index contributed by atoms with van der Waals surface area (Å²) in [6.45, 7) is 2.05. The molecule has 0 amide bonds. The van der Waals surface area contributed by atoms with Gasteiger partial charge in [-0.05, 0) is 49.4 Å². The molecule has 2 heterocycles. The average Bonchev–Trinajstić information content (AvgIpc) is 3.12. The fourth-order valence-corrected chi connectivity index (χ4v) is 3.22. The number of rotatable bonds is 3. The number of benzene rings is 2. The molecule has 0 saturated carbocycles. The molecule has 0 radical (unpaired) electrons. The standard InChI is InChI=1S/C19H13BrFN3O3/c1-2-24-14-9-12(21)7-8-13(14)16(25)15(19(24)26)18-22-17(23-27-18)10-3-5-11(20)6-4-10/h3-9,25H,2H2,1H3. The lowest BCUT2D eigenvalue weighted by Crippen LogP contribution is -2.21. The first-order chi connectivity index (χ1) is 13.0. The van der Waals surface area contributed by atoms with Gasteiger partial charge in [-0.3, -0.25) is 4.79 Å². The van der Waals surface area contributed by atoms with Crippen molar-refractivity contribution in [2.24, 2.45) is 0 Å². The maximum atomic E-state index is 13.6. The second-order valence-electron chi connectivity index (χ2n) is 5.86. The molecule has 27 heavy (non-hydrogen) atoms. The van der Waals surface area contributed by atoms with Gasteiger partial charge in [0.15, 0.2) is 0 Å². The number of aromatic hydroxyl groups is 1.